The number of thiol groups is 2. The maximum Gasteiger partial charge on any atom is 0.265 e. The summed E-state index contributed by atoms with van der Waals surface area (Å²) in [4.78, 5) is 59.2. The van der Waals surface area contributed by atoms with Crippen molar-refractivity contribution in [3.8, 4) is 0 Å². The van der Waals surface area contributed by atoms with E-state index in [2.05, 4.69) is 40.0 Å². The Morgan fingerprint density at radius 2 is 0.727 bits per heavy atom. The lowest BCUT2D eigenvalue weighted by Gasteiger charge is -2.39. The monoisotopic (exact) mass is 1750 g/mol. The number of halogens is 4. The minimum atomic E-state index is -3.98. The fourth-order valence-electron chi connectivity index (χ4n) is 12.7. The molecule has 3 amide bonds. The van der Waals surface area contributed by atoms with Gasteiger partial charge >= 0.3 is 0 Å². The Kier molecular flexibility index (Phi) is 50.1. The quantitative estimate of drug-likeness (QED) is 0.00983. The number of carbonyl (C=O) groups excluding carboxylic acids is 4. The predicted molar refractivity (Wildman–Crippen MR) is 436 cm³/mol. The van der Waals surface area contributed by atoms with Crippen LogP contribution in [0.5, 0.6) is 0 Å². The molecule has 4 aromatic carbocycles. The average molecular weight is 1750 g/mol. The predicted octanol–water partition coefficient (Wildman–Crippen LogP) is 7.65. The molecule has 4 aromatic rings. The summed E-state index contributed by atoms with van der Waals surface area (Å²) in [5.74, 6) is -3.98. The number of sulfone groups is 4. The van der Waals surface area contributed by atoms with E-state index >= 15 is 0 Å². The molecule has 5 heterocycles. The second kappa shape index (κ2) is 51.9. The Hall–Kier alpha value is -3.88. The van der Waals surface area contributed by atoms with Crippen molar-refractivity contribution in [3.05, 3.63) is 109 Å². The molecule has 630 valence electrons. The third-order valence-corrected chi connectivity index (χ3v) is 31.1. The lowest BCUT2D eigenvalue weighted by molar-refractivity contribution is -0.134. The number of primary amides is 1. The van der Waals surface area contributed by atoms with Crippen molar-refractivity contribution in [2.45, 2.75) is 140 Å². The van der Waals surface area contributed by atoms with E-state index in [4.69, 9.17) is 44.9 Å². The van der Waals surface area contributed by atoms with E-state index in [-0.39, 0.29) is 109 Å². The molecular weight excluding hydrogens is 1640 g/mol. The molecule has 0 bridgehead atoms. The van der Waals surface area contributed by atoms with Gasteiger partial charge < -0.3 is 54.1 Å². The first-order valence-corrected chi connectivity index (χ1v) is 44.6. The van der Waals surface area contributed by atoms with E-state index < -0.39 is 94.0 Å². The molecule has 5 fully saturated rings. The highest BCUT2D eigenvalue weighted by molar-refractivity contribution is 7.99. The largest absolute Gasteiger partial charge is 0.383 e. The van der Waals surface area contributed by atoms with Gasteiger partial charge in [0.05, 0.1) is 46.0 Å². The zero-order valence-electron chi connectivity index (χ0n) is 63.2. The lowest BCUT2D eigenvalue weighted by atomic mass is 9.92. The van der Waals surface area contributed by atoms with Crippen molar-refractivity contribution in [1.29, 1.82) is 0 Å². The third-order valence-electron chi connectivity index (χ3n) is 19.4. The summed E-state index contributed by atoms with van der Waals surface area (Å²) in [5.41, 5.74) is 8.60. The number of ketones is 1. The van der Waals surface area contributed by atoms with Crippen LogP contribution in [0.4, 0.5) is 8.78 Å². The van der Waals surface area contributed by atoms with Gasteiger partial charge in [-0.2, -0.15) is 25.3 Å². The van der Waals surface area contributed by atoms with Crippen molar-refractivity contribution in [1.82, 2.24) is 30.6 Å². The SMILES string of the molecule is C.COCCN1CCC(C(=O)NO)(S(=O)(=O)c2ccc(SC)cc2)CC1.COCCN1CCC(C(=O)NO)(S(=O)(=O)c2ccc(SC)cc2)CC1.COCCN1CCC(C(C)=O)(S(=O)(=O)c2ccc(F)cc2)CC1.COCCN1CCC(C(N)=O)(S(=O)(=O)c2ccc(F)cc2)CC1.CS.CS.Cl.Cl.OC1CCCCO1. The van der Waals surface area contributed by atoms with E-state index in [9.17, 15) is 61.6 Å². The maximum absolute atomic E-state index is 13.2. The summed E-state index contributed by atoms with van der Waals surface area (Å²) in [6, 6.07) is 22.1. The number of likely N-dealkylation sites (tertiary alicyclic amines) is 4. The standard InChI is InChI=1S/C16H22FNO4S.2C16H24N2O5S2.C15H21FN2O4S.C5H10O2.2CH4S.CH4.2ClH/c1-13(19)16(7-9-18(10-8-16)11-12-22-2)23(20,21)15-5-3-14(17)4-6-15;2*1-23-12-11-18-9-7-16(8-10-18,15(19)17-20)25(21,22)14-5-3-13(24-2)4-6-14;1-22-11-10-18-8-6-15(7-9-18,14(17)19)23(20,21)13-4-2-12(16)3-5-13;6-5-3-1-2-4-7-5;2*1-2;;;/h3-6H,7-12H2,1-2H3;2*3-6,20H,7-12H2,1-2H3,(H,17,19);2-5H,6-11H2,1H3,(H2,17,19);5-6H,1-4H2;2*2H,1H3;1H4;2*1H. The van der Waals surface area contributed by atoms with Crippen LogP contribution in [0, 0.1) is 11.6 Å². The van der Waals surface area contributed by atoms with E-state index in [1.807, 2.05) is 17.4 Å². The van der Waals surface area contributed by atoms with Gasteiger partial charge in [-0.1, -0.05) is 7.43 Å². The Bertz CT molecular complexity index is 3560. The van der Waals surface area contributed by atoms with E-state index in [0.29, 0.717) is 105 Å². The van der Waals surface area contributed by atoms with Gasteiger partial charge in [-0.25, -0.2) is 53.4 Å². The number of Topliss-reactive ketones (excluding diaryl/α,β-unsaturated/α-hetero) is 1. The second-order valence-electron chi connectivity index (χ2n) is 25.2. The van der Waals surface area contributed by atoms with Crippen LogP contribution in [-0.2, 0) is 82.2 Å². The molecule has 39 heteroatoms. The van der Waals surface area contributed by atoms with Crippen LogP contribution in [-0.4, -0.2) is 283 Å². The van der Waals surface area contributed by atoms with E-state index in [1.165, 1.54) is 79.0 Å². The summed E-state index contributed by atoms with van der Waals surface area (Å²) in [5, 5.41) is 27.0. The van der Waals surface area contributed by atoms with Gasteiger partial charge in [-0.05, 0) is 200 Å². The van der Waals surface area contributed by atoms with Crippen LogP contribution >= 0.6 is 73.6 Å². The summed E-state index contributed by atoms with van der Waals surface area (Å²) in [6.07, 6.45) is 11.0. The molecule has 0 spiro atoms. The Morgan fingerprint density at radius 3 is 0.936 bits per heavy atom. The molecule has 5 aliphatic heterocycles. The van der Waals surface area contributed by atoms with Gasteiger partial charge in [0.1, 0.15) is 16.4 Å². The van der Waals surface area contributed by atoms with Crippen molar-refractivity contribution in [2.75, 3.05) is 165 Å². The molecular formula is C71H115Cl2F2N7O20S8. The van der Waals surface area contributed by atoms with E-state index in [1.54, 1.807) is 76.2 Å². The number of amides is 3. The molecule has 0 saturated carbocycles. The topological polar surface area (TPSA) is 375 Å². The molecule has 5 aliphatic rings. The highest BCUT2D eigenvalue weighted by Crippen LogP contribution is 2.41. The number of benzene rings is 4. The lowest BCUT2D eigenvalue weighted by Crippen LogP contribution is -2.58. The number of carbonyl (C=O) groups is 4. The average Bonchev–Trinajstić information content (AvgIpc) is 0.769. The summed E-state index contributed by atoms with van der Waals surface area (Å²) < 4.78 is 149. The Labute approximate surface area is 681 Å². The number of ether oxygens (including phenoxy) is 5. The number of hydrogen-bond donors (Lipinski definition) is 8. The first kappa shape index (κ1) is 106. The number of nitrogens with two attached hydrogens (primary N) is 1. The molecule has 5 saturated heterocycles. The number of hydroxylamine groups is 2. The molecule has 0 aromatic heterocycles. The van der Waals surface area contributed by atoms with Gasteiger partial charge in [0.2, 0.25) is 5.91 Å². The van der Waals surface area contributed by atoms with Crippen LogP contribution in [0.25, 0.3) is 0 Å². The van der Waals surface area contributed by atoms with Gasteiger partial charge in [0.15, 0.2) is 65.7 Å². The number of hydrogen-bond acceptors (Lipinski definition) is 28. The van der Waals surface area contributed by atoms with E-state index in [0.717, 1.165) is 59.9 Å². The fourth-order valence-corrected chi connectivity index (χ4v) is 21.4. The molecule has 1 unspecified atom stereocenters. The number of piperidine rings is 4. The summed E-state index contributed by atoms with van der Waals surface area (Å²) in [7, 11) is -9.30. The van der Waals surface area contributed by atoms with Gasteiger partial charge in [0, 0.05) is 123 Å². The zero-order chi connectivity index (χ0) is 80.3. The maximum atomic E-state index is 13.2. The summed E-state index contributed by atoms with van der Waals surface area (Å²) >= 11 is 10.1. The Balaban J connectivity index is 0.00000136. The number of aliphatic hydroxyl groups excluding tert-OH is 1. The number of methoxy groups -OCH3 is 4. The molecule has 9 rings (SSSR count). The highest BCUT2D eigenvalue weighted by atomic mass is 35.5. The first-order valence-electron chi connectivity index (χ1n) is 34.4. The van der Waals surface area contributed by atoms with Crippen molar-refractivity contribution >= 4 is 136 Å². The fraction of sp³-hybridized carbons (Fsp3) is 0.606. The highest BCUT2D eigenvalue weighted by Gasteiger charge is 2.56. The van der Waals surface area contributed by atoms with Gasteiger partial charge in [0.25, 0.3) is 11.8 Å². The smallest absolute Gasteiger partial charge is 0.265 e. The van der Waals surface area contributed by atoms with Crippen LogP contribution in [0.2, 0.25) is 0 Å². The number of nitrogens with zero attached hydrogens (tertiary/aromatic N) is 4. The third kappa shape index (κ3) is 27.6. The Morgan fingerprint density at radius 1 is 0.482 bits per heavy atom. The number of aliphatic hydroxyl groups is 1. The first-order chi connectivity index (χ1) is 50.9. The van der Waals surface area contributed by atoms with Crippen molar-refractivity contribution in [2.24, 2.45) is 5.73 Å². The van der Waals surface area contributed by atoms with Crippen LogP contribution < -0.4 is 16.7 Å². The van der Waals surface area contributed by atoms with Crippen molar-refractivity contribution in [3.63, 3.8) is 0 Å². The van der Waals surface area contributed by atoms with Crippen LogP contribution in [0.1, 0.15) is 85.0 Å². The molecule has 7 N–H and O–H groups in total. The number of rotatable bonds is 26. The molecule has 0 radical (unpaired) electrons. The van der Waals surface area contributed by atoms with Crippen molar-refractivity contribution < 1.29 is 101 Å². The molecule has 0 aliphatic carbocycles. The molecule has 110 heavy (non-hydrogen) atoms. The summed E-state index contributed by atoms with van der Waals surface area (Å²) in [6.45, 7) is 10.7. The minimum absolute atomic E-state index is 0. The second-order valence-corrected chi connectivity index (χ2v) is 36.0. The molecule has 27 nitrogen and oxygen atoms in total. The van der Waals surface area contributed by atoms with Gasteiger partial charge in [-0.3, -0.25) is 29.6 Å². The minimum Gasteiger partial charge on any atom is -0.383 e. The van der Waals surface area contributed by atoms with Crippen LogP contribution in [0.15, 0.2) is 126 Å². The zero-order valence-corrected chi connectivity index (χ0v) is 71.5. The normalized spacial score (nSPS) is 18.2. The van der Waals surface area contributed by atoms with Gasteiger partial charge in [-0.15, -0.1) is 48.3 Å². The molecule has 1 atom stereocenters. The van der Waals surface area contributed by atoms with Crippen LogP contribution in [0.3, 0.4) is 0 Å². The number of thioether (sulfide) groups is 2. The number of nitrogens with one attached hydrogen (secondary N) is 2.